The number of nitrogens with one attached hydrogen (secondary N) is 1. The van der Waals surface area contributed by atoms with Crippen molar-refractivity contribution in [3.05, 3.63) is 0 Å². The van der Waals surface area contributed by atoms with Gasteiger partial charge in [0.25, 0.3) is 0 Å². The molecule has 0 aromatic heterocycles. The summed E-state index contributed by atoms with van der Waals surface area (Å²) < 4.78 is 0. The standard InChI is InChI=1S/C8H12N2O3/c9-4-2-1-3-5-10-7(11)6-8(12)13/h1-3,5-6H2,(H,10,11)(H,12,13). The molecule has 0 atom stereocenters. The highest BCUT2D eigenvalue weighted by molar-refractivity contribution is 5.93. The Balaban J connectivity index is 3.28. The third-order valence-electron chi connectivity index (χ3n) is 1.35. The lowest BCUT2D eigenvalue weighted by atomic mass is 10.2. The SMILES string of the molecule is N#CCCCCNC(=O)CC(=O)O. The van der Waals surface area contributed by atoms with E-state index in [-0.39, 0.29) is 0 Å². The van der Waals surface area contributed by atoms with E-state index in [1.807, 2.05) is 6.07 Å². The minimum atomic E-state index is -1.13. The first kappa shape index (κ1) is 11.4. The van der Waals surface area contributed by atoms with E-state index in [1.54, 1.807) is 0 Å². The van der Waals surface area contributed by atoms with E-state index >= 15 is 0 Å². The lowest BCUT2D eigenvalue weighted by molar-refractivity contribution is -0.140. The highest BCUT2D eigenvalue weighted by Gasteiger charge is 2.05. The largest absolute Gasteiger partial charge is 0.481 e. The van der Waals surface area contributed by atoms with E-state index < -0.39 is 18.3 Å². The minimum absolute atomic E-state index is 0.438. The predicted octanol–water partition coefficient (Wildman–Crippen LogP) is 0.271. The molecule has 0 rings (SSSR count). The normalized spacial score (nSPS) is 8.85. The van der Waals surface area contributed by atoms with Gasteiger partial charge in [-0.3, -0.25) is 9.59 Å². The van der Waals surface area contributed by atoms with Gasteiger partial charge in [-0.05, 0) is 12.8 Å². The van der Waals surface area contributed by atoms with Crippen molar-refractivity contribution in [3.8, 4) is 6.07 Å². The molecule has 0 aliphatic heterocycles. The van der Waals surface area contributed by atoms with E-state index in [4.69, 9.17) is 10.4 Å². The Hall–Kier alpha value is -1.57. The Morgan fingerprint density at radius 2 is 2.08 bits per heavy atom. The highest BCUT2D eigenvalue weighted by atomic mass is 16.4. The van der Waals surface area contributed by atoms with E-state index in [2.05, 4.69) is 5.32 Å². The van der Waals surface area contributed by atoms with Gasteiger partial charge < -0.3 is 10.4 Å². The lowest BCUT2D eigenvalue weighted by Gasteiger charge is -2.00. The fourth-order valence-corrected chi connectivity index (χ4v) is 0.757. The van der Waals surface area contributed by atoms with Gasteiger partial charge in [0.2, 0.25) is 5.91 Å². The second-order valence-electron chi connectivity index (χ2n) is 2.54. The van der Waals surface area contributed by atoms with Crippen LogP contribution in [-0.2, 0) is 9.59 Å². The average Bonchev–Trinajstić information content (AvgIpc) is 2.02. The first-order valence-corrected chi connectivity index (χ1v) is 4.02. The number of aliphatic carboxylic acids is 1. The molecule has 0 heterocycles. The summed E-state index contributed by atoms with van der Waals surface area (Å²) in [5.74, 6) is -1.61. The Bertz CT molecular complexity index is 220. The fourth-order valence-electron chi connectivity index (χ4n) is 0.757. The van der Waals surface area contributed by atoms with Crippen LogP contribution in [0.1, 0.15) is 25.7 Å². The van der Waals surface area contributed by atoms with Crippen molar-refractivity contribution < 1.29 is 14.7 Å². The molecule has 72 valence electrons. The number of hydrogen-bond donors (Lipinski definition) is 2. The van der Waals surface area contributed by atoms with Gasteiger partial charge in [-0.15, -0.1) is 0 Å². The quantitative estimate of drug-likeness (QED) is 0.458. The molecule has 1 amide bonds. The van der Waals surface area contributed by atoms with Gasteiger partial charge >= 0.3 is 5.97 Å². The van der Waals surface area contributed by atoms with Crippen molar-refractivity contribution in [1.82, 2.24) is 5.32 Å². The molecule has 0 unspecified atom stereocenters. The summed E-state index contributed by atoms with van der Waals surface area (Å²) in [6.45, 7) is 0.438. The van der Waals surface area contributed by atoms with E-state index in [0.29, 0.717) is 19.4 Å². The van der Waals surface area contributed by atoms with Gasteiger partial charge in [-0.25, -0.2) is 0 Å². The number of carboxylic acids is 1. The zero-order valence-electron chi connectivity index (χ0n) is 7.25. The second-order valence-corrected chi connectivity index (χ2v) is 2.54. The number of rotatable bonds is 6. The summed E-state index contributed by atoms with van der Waals surface area (Å²) in [6.07, 6.45) is 1.41. The van der Waals surface area contributed by atoms with Crippen LogP contribution in [0.25, 0.3) is 0 Å². The molecule has 0 saturated heterocycles. The molecule has 0 aromatic carbocycles. The molecule has 2 N–H and O–H groups in total. The highest BCUT2D eigenvalue weighted by Crippen LogP contribution is 1.91. The van der Waals surface area contributed by atoms with Gasteiger partial charge in [-0.2, -0.15) is 5.26 Å². The lowest BCUT2D eigenvalue weighted by Crippen LogP contribution is -2.26. The molecular formula is C8H12N2O3. The van der Waals surface area contributed by atoms with Crippen LogP contribution in [-0.4, -0.2) is 23.5 Å². The summed E-state index contributed by atoms with van der Waals surface area (Å²) >= 11 is 0. The molecular weight excluding hydrogens is 172 g/mol. The summed E-state index contributed by atoms with van der Waals surface area (Å²) in [7, 11) is 0. The number of carbonyl (C=O) groups is 2. The molecule has 0 fully saturated rings. The molecule has 0 aliphatic rings. The van der Waals surface area contributed by atoms with Crippen LogP contribution in [0.4, 0.5) is 0 Å². The maximum absolute atomic E-state index is 10.7. The van der Waals surface area contributed by atoms with Gasteiger partial charge in [0.05, 0.1) is 6.07 Å². The van der Waals surface area contributed by atoms with Gasteiger partial charge in [0.15, 0.2) is 0 Å². The van der Waals surface area contributed by atoms with Crippen molar-refractivity contribution in [3.63, 3.8) is 0 Å². The molecule has 0 spiro atoms. The van der Waals surface area contributed by atoms with Crippen molar-refractivity contribution in [2.45, 2.75) is 25.7 Å². The number of amides is 1. The monoisotopic (exact) mass is 184 g/mol. The van der Waals surface area contributed by atoms with Crippen LogP contribution in [0.15, 0.2) is 0 Å². The van der Waals surface area contributed by atoms with Crippen molar-refractivity contribution in [2.75, 3.05) is 6.54 Å². The van der Waals surface area contributed by atoms with Crippen LogP contribution in [0.3, 0.4) is 0 Å². The Morgan fingerprint density at radius 3 is 2.62 bits per heavy atom. The van der Waals surface area contributed by atoms with E-state index in [1.165, 1.54) is 0 Å². The van der Waals surface area contributed by atoms with Crippen molar-refractivity contribution in [2.24, 2.45) is 0 Å². The number of hydrogen-bond acceptors (Lipinski definition) is 3. The molecule has 0 bridgehead atoms. The summed E-state index contributed by atoms with van der Waals surface area (Å²) in [6, 6.07) is 1.98. The molecule has 0 radical (unpaired) electrons. The zero-order valence-corrected chi connectivity index (χ0v) is 7.25. The molecule has 13 heavy (non-hydrogen) atoms. The number of nitrogens with zero attached hydrogens (tertiary/aromatic N) is 1. The molecule has 0 aromatic rings. The number of carbonyl (C=O) groups excluding carboxylic acids is 1. The smallest absolute Gasteiger partial charge is 0.312 e. The van der Waals surface area contributed by atoms with Crippen LogP contribution >= 0.6 is 0 Å². The van der Waals surface area contributed by atoms with Gasteiger partial charge in [0, 0.05) is 13.0 Å². The topological polar surface area (TPSA) is 90.2 Å². The maximum Gasteiger partial charge on any atom is 0.312 e. The average molecular weight is 184 g/mol. The van der Waals surface area contributed by atoms with Crippen LogP contribution in [0.5, 0.6) is 0 Å². The minimum Gasteiger partial charge on any atom is -0.481 e. The Labute approximate surface area is 76.4 Å². The van der Waals surface area contributed by atoms with E-state index in [9.17, 15) is 9.59 Å². The third kappa shape index (κ3) is 8.34. The Morgan fingerprint density at radius 1 is 1.38 bits per heavy atom. The van der Waals surface area contributed by atoms with Crippen molar-refractivity contribution in [1.29, 1.82) is 5.26 Å². The zero-order chi connectivity index (χ0) is 10.1. The van der Waals surface area contributed by atoms with Crippen molar-refractivity contribution >= 4 is 11.9 Å². The van der Waals surface area contributed by atoms with Gasteiger partial charge in [0.1, 0.15) is 6.42 Å². The number of nitriles is 1. The Kier molecular flexibility index (Phi) is 6.24. The fraction of sp³-hybridized carbons (Fsp3) is 0.625. The number of unbranched alkanes of at least 4 members (excludes halogenated alkanes) is 2. The molecule has 0 saturated carbocycles. The predicted molar refractivity (Wildman–Crippen MR) is 44.7 cm³/mol. The van der Waals surface area contributed by atoms with E-state index in [0.717, 1.165) is 6.42 Å². The molecule has 0 aliphatic carbocycles. The summed E-state index contributed by atoms with van der Waals surface area (Å²) in [4.78, 5) is 20.8. The molecule has 5 heteroatoms. The van der Waals surface area contributed by atoms with Gasteiger partial charge in [-0.1, -0.05) is 0 Å². The van der Waals surface area contributed by atoms with Crippen LogP contribution < -0.4 is 5.32 Å². The second kappa shape index (κ2) is 7.10. The third-order valence-corrected chi connectivity index (χ3v) is 1.35. The number of carboxylic acid groups (broad SMARTS) is 1. The first-order valence-electron chi connectivity index (χ1n) is 4.02. The van der Waals surface area contributed by atoms with Crippen LogP contribution in [0.2, 0.25) is 0 Å². The van der Waals surface area contributed by atoms with Crippen LogP contribution in [0, 0.1) is 11.3 Å². The summed E-state index contributed by atoms with van der Waals surface area (Å²) in [5.41, 5.74) is 0. The first-order chi connectivity index (χ1) is 6.16. The molecule has 5 nitrogen and oxygen atoms in total. The summed E-state index contributed by atoms with van der Waals surface area (Å²) in [5, 5.41) is 18.8. The maximum atomic E-state index is 10.7.